The second kappa shape index (κ2) is 5.97. The Kier molecular flexibility index (Phi) is 5.32. The molecule has 1 aliphatic rings. The zero-order valence-corrected chi connectivity index (χ0v) is 13.9. The third-order valence-electron chi connectivity index (χ3n) is 1.93. The van der Waals surface area contributed by atoms with Gasteiger partial charge >= 0.3 is 119 Å². The first-order valence-electron chi connectivity index (χ1n) is 5.77. The van der Waals surface area contributed by atoms with Crippen molar-refractivity contribution in [1.82, 2.24) is 25.2 Å². The van der Waals surface area contributed by atoms with Crippen LogP contribution in [0.2, 0.25) is 0 Å². The molecule has 1 fully saturated rings. The molecule has 1 aliphatic heterocycles. The van der Waals surface area contributed by atoms with E-state index in [9.17, 15) is 4.79 Å². The Bertz CT molecular complexity index is 300. The molecule has 1 saturated heterocycles. The van der Waals surface area contributed by atoms with E-state index < -0.39 is 21.5 Å². The van der Waals surface area contributed by atoms with Crippen LogP contribution in [0.25, 0.3) is 0 Å². The van der Waals surface area contributed by atoms with Crippen molar-refractivity contribution in [3.8, 4) is 0 Å². The van der Waals surface area contributed by atoms with E-state index >= 15 is 0 Å². The Balaban J connectivity index is 2.43. The number of rotatable bonds is 5. The molecule has 1 rings (SSSR count). The number of nitrogens with zero attached hydrogens (tertiary/aromatic N) is 1. The normalized spacial score (nSPS) is 21.1. The van der Waals surface area contributed by atoms with Gasteiger partial charge in [0, 0.05) is 0 Å². The predicted octanol–water partition coefficient (Wildman–Crippen LogP) is -3.21. The van der Waals surface area contributed by atoms with Gasteiger partial charge in [-0.1, -0.05) is 0 Å². The molecule has 4 N–H and O–H groups in total. The molecule has 0 aliphatic carbocycles. The molecule has 0 aromatic rings. The van der Waals surface area contributed by atoms with Gasteiger partial charge in [-0.05, 0) is 0 Å². The van der Waals surface area contributed by atoms with Crippen LogP contribution < -0.4 is 41.6 Å². The van der Waals surface area contributed by atoms with Crippen LogP contribution in [0.3, 0.4) is 0 Å². The van der Waals surface area contributed by atoms with Crippen molar-refractivity contribution < 1.29 is 31.1 Å². The number of hydrazine groups is 3. The zero-order chi connectivity index (χ0) is 14.0. The number of hydrogen-bond acceptors (Lipinski definition) is 7. The topological polar surface area (TPSA) is 77.7 Å². The molecule has 0 amide bonds. The molecule has 1 unspecified atom stereocenters. The summed E-state index contributed by atoms with van der Waals surface area (Å²) >= 11 is -0.559. The summed E-state index contributed by atoms with van der Waals surface area (Å²) in [5, 5.41) is 1.89. The summed E-state index contributed by atoms with van der Waals surface area (Å²) in [6.07, 6.45) is 0. The first kappa shape index (κ1) is 16.1. The standard InChI is InChI=1S/C10H23IN5O2/c1-9(2,3)13-15-16(10(4,5)6)14-11-7-8(17)18-12-7/h7,12-15H,1-6H3/q-1. The average Bonchev–Trinajstić information content (AvgIpc) is 2.17. The van der Waals surface area contributed by atoms with Crippen molar-refractivity contribution >= 4 is 5.97 Å². The Morgan fingerprint density at radius 3 is 2.22 bits per heavy atom. The van der Waals surface area contributed by atoms with E-state index in [1.165, 1.54) is 0 Å². The Hall–Kier alpha value is -0.000000000000000111. The van der Waals surface area contributed by atoms with Crippen molar-refractivity contribution in [3.05, 3.63) is 0 Å². The van der Waals surface area contributed by atoms with Gasteiger partial charge in [0.2, 0.25) is 0 Å². The summed E-state index contributed by atoms with van der Waals surface area (Å²) in [6.45, 7) is 12.4. The molecule has 108 valence electrons. The molecule has 7 nitrogen and oxygen atoms in total. The number of hydrogen-bond donors (Lipinski definition) is 4. The third kappa shape index (κ3) is 5.33. The molecule has 1 atom stereocenters. The van der Waals surface area contributed by atoms with E-state index in [0.29, 0.717) is 0 Å². The maximum atomic E-state index is 11.1. The van der Waals surface area contributed by atoms with Gasteiger partial charge in [-0.25, -0.2) is 0 Å². The number of halogens is 1. The Morgan fingerprint density at radius 1 is 1.28 bits per heavy atom. The average molecular weight is 372 g/mol. The number of carbonyl (C=O) groups is 1. The van der Waals surface area contributed by atoms with Gasteiger partial charge in [0.1, 0.15) is 0 Å². The first-order valence-corrected chi connectivity index (χ1v) is 8.09. The van der Waals surface area contributed by atoms with Crippen LogP contribution >= 0.6 is 0 Å². The van der Waals surface area contributed by atoms with Gasteiger partial charge in [0.05, 0.1) is 0 Å². The fourth-order valence-corrected chi connectivity index (χ4v) is 2.89. The summed E-state index contributed by atoms with van der Waals surface area (Å²) in [6, 6.07) is 0. The minimum absolute atomic E-state index is 0.0445. The maximum absolute atomic E-state index is 11.1. The van der Waals surface area contributed by atoms with Gasteiger partial charge in [-0.2, -0.15) is 0 Å². The number of carbonyl (C=O) groups excluding carboxylic acids is 1. The Morgan fingerprint density at radius 2 is 1.89 bits per heavy atom. The van der Waals surface area contributed by atoms with Gasteiger partial charge in [0.15, 0.2) is 0 Å². The zero-order valence-electron chi connectivity index (χ0n) is 11.7. The second-order valence-electron chi connectivity index (χ2n) is 6.09. The molecule has 1 heterocycles. The van der Waals surface area contributed by atoms with Crippen LogP contribution in [-0.4, -0.2) is 26.2 Å². The van der Waals surface area contributed by atoms with Crippen molar-refractivity contribution in [1.29, 1.82) is 0 Å². The van der Waals surface area contributed by atoms with Crippen LogP contribution in [0.15, 0.2) is 0 Å². The fourth-order valence-electron chi connectivity index (χ4n) is 0.855. The van der Waals surface area contributed by atoms with E-state index in [2.05, 4.69) is 66.5 Å². The van der Waals surface area contributed by atoms with Crippen LogP contribution in [0.1, 0.15) is 41.5 Å². The van der Waals surface area contributed by atoms with Gasteiger partial charge in [-0.15, -0.1) is 0 Å². The quantitative estimate of drug-likeness (QED) is 0.133. The molecule has 0 spiro atoms. The molecular weight excluding hydrogens is 349 g/mol. The molecule has 0 aromatic carbocycles. The minimum atomic E-state index is -0.559. The number of alkyl halides is 1. The molecule has 0 bridgehead atoms. The van der Waals surface area contributed by atoms with E-state index in [1.54, 1.807) is 0 Å². The van der Waals surface area contributed by atoms with Gasteiger partial charge in [-0.3, -0.25) is 0 Å². The molecule has 18 heavy (non-hydrogen) atoms. The van der Waals surface area contributed by atoms with Gasteiger partial charge < -0.3 is 0 Å². The third-order valence-corrected chi connectivity index (χ3v) is 4.07. The fraction of sp³-hybridized carbons (Fsp3) is 0.900. The van der Waals surface area contributed by atoms with E-state index in [1.807, 2.05) is 5.12 Å². The van der Waals surface area contributed by atoms with Crippen LogP contribution in [0.5, 0.6) is 0 Å². The number of hydroxylamine groups is 1. The van der Waals surface area contributed by atoms with Crippen molar-refractivity contribution in [2.45, 2.75) is 56.7 Å². The number of nitrogens with one attached hydrogen (secondary N) is 4. The van der Waals surface area contributed by atoms with Crippen molar-refractivity contribution in [2.24, 2.45) is 0 Å². The molecule has 0 radical (unpaired) electrons. The van der Waals surface area contributed by atoms with Gasteiger partial charge in [0.25, 0.3) is 0 Å². The Labute approximate surface area is 119 Å². The molecule has 0 saturated carbocycles. The summed E-state index contributed by atoms with van der Waals surface area (Å²) in [5.41, 5.74) is 8.80. The predicted molar refractivity (Wildman–Crippen MR) is 63.8 cm³/mol. The molecule has 8 heteroatoms. The second-order valence-corrected chi connectivity index (χ2v) is 8.44. The van der Waals surface area contributed by atoms with E-state index in [4.69, 9.17) is 0 Å². The first-order chi connectivity index (χ1) is 8.09. The van der Waals surface area contributed by atoms with E-state index in [0.717, 1.165) is 0 Å². The summed E-state index contributed by atoms with van der Waals surface area (Å²) in [7, 11) is 0. The van der Waals surface area contributed by atoms with Crippen LogP contribution in [0, 0.1) is 0 Å². The molecule has 0 aromatic heterocycles. The van der Waals surface area contributed by atoms with Crippen LogP contribution in [-0.2, 0) is 9.63 Å². The van der Waals surface area contributed by atoms with Crippen molar-refractivity contribution in [3.63, 3.8) is 0 Å². The van der Waals surface area contributed by atoms with Crippen molar-refractivity contribution in [2.75, 3.05) is 0 Å². The summed E-state index contributed by atoms with van der Waals surface area (Å²) in [4.78, 5) is 15.6. The summed E-state index contributed by atoms with van der Waals surface area (Å²) < 4.78 is 3.10. The molecular formula is C10H23IN5O2-. The summed E-state index contributed by atoms with van der Waals surface area (Å²) in [5.74, 6) is -0.187. The van der Waals surface area contributed by atoms with E-state index in [-0.39, 0.29) is 21.1 Å². The van der Waals surface area contributed by atoms with Crippen LogP contribution in [0.4, 0.5) is 0 Å². The SMILES string of the molecule is CC(C)(C)NNN(N[I-]C1NOC1=O)C(C)(C)C. The monoisotopic (exact) mass is 372 g/mol.